The summed E-state index contributed by atoms with van der Waals surface area (Å²) in [6, 6.07) is 7.21. The number of nitrogens with one attached hydrogen (secondary N) is 1. The minimum atomic E-state index is -3.36. The molecule has 120 valence electrons. The Hall–Kier alpha value is -1.64. The van der Waals surface area contributed by atoms with Crippen LogP contribution in [-0.2, 0) is 27.8 Å². The van der Waals surface area contributed by atoms with Gasteiger partial charge in [-0.3, -0.25) is 4.79 Å². The smallest absolute Gasteiger partial charge is 0.225 e. The molecule has 6 nitrogen and oxygen atoms in total. The van der Waals surface area contributed by atoms with E-state index in [1.54, 1.807) is 12.1 Å². The highest BCUT2D eigenvalue weighted by Crippen LogP contribution is 2.10. The number of sulfonamides is 1. The average molecular weight is 342 g/mol. The molecule has 0 radical (unpaired) electrons. The quantitative estimate of drug-likeness (QED) is 0.788. The van der Waals surface area contributed by atoms with Gasteiger partial charge in [0.15, 0.2) is 0 Å². The van der Waals surface area contributed by atoms with E-state index >= 15 is 0 Å². The van der Waals surface area contributed by atoms with Gasteiger partial charge in [-0.1, -0.05) is 6.07 Å². The summed E-state index contributed by atoms with van der Waals surface area (Å²) in [4.78, 5) is 12.7. The summed E-state index contributed by atoms with van der Waals surface area (Å²) in [6.45, 7) is 0.625. The van der Waals surface area contributed by atoms with Gasteiger partial charge in [0.05, 0.1) is 25.5 Å². The summed E-state index contributed by atoms with van der Waals surface area (Å²) in [7, 11) is -3.36. The number of rotatable bonds is 8. The predicted molar refractivity (Wildman–Crippen MR) is 85.0 cm³/mol. The first-order valence-corrected chi connectivity index (χ1v) is 9.44. The Balaban J connectivity index is 1.82. The van der Waals surface area contributed by atoms with Crippen LogP contribution in [0.15, 0.2) is 40.3 Å². The van der Waals surface area contributed by atoms with Gasteiger partial charge in [0, 0.05) is 18.0 Å². The molecular weight excluding hydrogens is 324 g/mol. The number of hydrogen-bond donors (Lipinski definition) is 1. The lowest BCUT2D eigenvalue weighted by molar-refractivity contribution is -0.120. The number of furan rings is 1. The zero-order valence-electron chi connectivity index (χ0n) is 12.2. The number of nitrogens with zero attached hydrogens (tertiary/aromatic N) is 1. The van der Waals surface area contributed by atoms with Gasteiger partial charge in [0.2, 0.25) is 15.9 Å². The van der Waals surface area contributed by atoms with E-state index in [9.17, 15) is 13.2 Å². The third-order valence-electron chi connectivity index (χ3n) is 2.98. The van der Waals surface area contributed by atoms with Crippen molar-refractivity contribution in [2.75, 3.05) is 19.3 Å². The summed E-state index contributed by atoms with van der Waals surface area (Å²) < 4.78 is 30.0. The average Bonchev–Trinajstić information content (AvgIpc) is 3.09. The number of carbonyl (C=O) groups excluding carboxylic acids is 1. The molecule has 0 bridgehead atoms. The Morgan fingerprint density at radius 1 is 1.36 bits per heavy atom. The lowest BCUT2D eigenvalue weighted by Gasteiger charge is -2.18. The molecule has 0 saturated carbocycles. The van der Waals surface area contributed by atoms with Gasteiger partial charge in [-0.25, -0.2) is 8.42 Å². The second kappa shape index (κ2) is 7.57. The number of carbonyl (C=O) groups is 1. The molecule has 2 aromatic rings. The van der Waals surface area contributed by atoms with E-state index in [0.29, 0.717) is 12.2 Å². The van der Waals surface area contributed by atoms with Crippen molar-refractivity contribution in [3.63, 3.8) is 0 Å². The summed E-state index contributed by atoms with van der Waals surface area (Å²) in [5, 5.41) is 4.65. The van der Waals surface area contributed by atoms with Crippen LogP contribution in [0.5, 0.6) is 0 Å². The van der Waals surface area contributed by atoms with Crippen molar-refractivity contribution in [3.8, 4) is 0 Å². The molecule has 8 heteroatoms. The third-order valence-corrected chi connectivity index (χ3v) is 5.11. The van der Waals surface area contributed by atoms with Crippen molar-refractivity contribution < 1.29 is 17.6 Å². The predicted octanol–water partition coefficient (Wildman–Crippen LogP) is 1.46. The Kier molecular flexibility index (Phi) is 5.76. The fourth-order valence-corrected chi connectivity index (χ4v) is 3.38. The maximum Gasteiger partial charge on any atom is 0.225 e. The first-order chi connectivity index (χ1) is 10.4. The summed E-state index contributed by atoms with van der Waals surface area (Å²) >= 11 is 1.52. The van der Waals surface area contributed by atoms with Gasteiger partial charge >= 0.3 is 0 Å². The fourth-order valence-electron chi connectivity index (χ4n) is 1.89. The van der Waals surface area contributed by atoms with E-state index in [-0.39, 0.29) is 25.5 Å². The van der Waals surface area contributed by atoms with Crippen molar-refractivity contribution in [3.05, 3.63) is 46.5 Å². The van der Waals surface area contributed by atoms with Crippen LogP contribution in [-0.4, -0.2) is 38.0 Å². The third kappa shape index (κ3) is 5.28. The van der Waals surface area contributed by atoms with E-state index in [2.05, 4.69) is 5.32 Å². The molecule has 22 heavy (non-hydrogen) atoms. The van der Waals surface area contributed by atoms with Crippen LogP contribution in [0.25, 0.3) is 0 Å². The normalized spacial score (nSPS) is 11.7. The second-order valence-electron chi connectivity index (χ2n) is 4.78. The van der Waals surface area contributed by atoms with Gasteiger partial charge in [-0.05, 0) is 23.6 Å². The molecule has 0 atom stereocenters. The molecule has 0 aliphatic rings. The van der Waals surface area contributed by atoms with E-state index in [1.165, 1.54) is 21.9 Å². The summed E-state index contributed by atoms with van der Waals surface area (Å²) in [5.74, 6) is 0.448. The van der Waals surface area contributed by atoms with Gasteiger partial charge in [0.25, 0.3) is 0 Å². The van der Waals surface area contributed by atoms with Crippen molar-refractivity contribution in [1.29, 1.82) is 0 Å². The first-order valence-electron chi connectivity index (χ1n) is 6.72. The summed E-state index contributed by atoms with van der Waals surface area (Å²) in [6.07, 6.45) is 2.96. The Morgan fingerprint density at radius 2 is 2.18 bits per heavy atom. The molecule has 0 saturated heterocycles. The number of thiophene rings is 1. The van der Waals surface area contributed by atoms with Crippen LogP contribution in [0.2, 0.25) is 0 Å². The lowest BCUT2D eigenvalue weighted by atomic mass is 10.3. The van der Waals surface area contributed by atoms with Crippen LogP contribution in [0.4, 0.5) is 0 Å². The second-order valence-corrected chi connectivity index (χ2v) is 7.80. The first kappa shape index (κ1) is 16.7. The molecule has 0 aliphatic carbocycles. The number of amides is 1. The van der Waals surface area contributed by atoms with Crippen molar-refractivity contribution in [2.45, 2.75) is 13.0 Å². The van der Waals surface area contributed by atoms with Crippen LogP contribution in [0, 0.1) is 0 Å². The highest BCUT2D eigenvalue weighted by molar-refractivity contribution is 7.88. The van der Waals surface area contributed by atoms with Crippen LogP contribution in [0.1, 0.15) is 10.6 Å². The minimum absolute atomic E-state index is 0.117. The van der Waals surface area contributed by atoms with Crippen molar-refractivity contribution >= 4 is 27.3 Å². The van der Waals surface area contributed by atoms with Crippen LogP contribution < -0.4 is 5.32 Å². The Labute approximate surface area is 133 Å². The fraction of sp³-hybridized carbons (Fsp3) is 0.357. The van der Waals surface area contributed by atoms with Gasteiger partial charge < -0.3 is 9.73 Å². The van der Waals surface area contributed by atoms with Crippen molar-refractivity contribution in [2.24, 2.45) is 0 Å². The maximum absolute atomic E-state index is 11.8. The zero-order chi connectivity index (χ0) is 16.0. The summed E-state index contributed by atoms with van der Waals surface area (Å²) in [5.41, 5.74) is 0. The molecule has 1 amide bonds. The standard InChI is InChI=1S/C14H18N2O4S2/c1-22(18,19)16(11-12-4-2-8-20-12)7-6-15-14(17)10-13-5-3-9-21-13/h2-5,8-9H,6-7,10-11H2,1H3,(H,15,17). The van der Waals surface area contributed by atoms with Crippen LogP contribution in [0.3, 0.4) is 0 Å². The molecule has 2 aromatic heterocycles. The molecular formula is C14H18N2O4S2. The minimum Gasteiger partial charge on any atom is -0.468 e. The van der Waals surface area contributed by atoms with E-state index in [4.69, 9.17) is 4.42 Å². The zero-order valence-corrected chi connectivity index (χ0v) is 13.8. The van der Waals surface area contributed by atoms with E-state index in [1.807, 2.05) is 17.5 Å². The molecule has 0 aromatic carbocycles. The van der Waals surface area contributed by atoms with Crippen LogP contribution >= 0.6 is 11.3 Å². The van der Waals surface area contributed by atoms with Gasteiger partial charge in [0.1, 0.15) is 5.76 Å². The molecule has 2 heterocycles. The lowest BCUT2D eigenvalue weighted by Crippen LogP contribution is -2.38. The largest absolute Gasteiger partial charge is 0.468 e. The number of hydrogen-bond acceptors (Lipinski definition) is 5. The van der Waals surface area contributed by atoms with E-state index in [0.717, 1.165) is 11.1 Å². The maximum atomic E-state index is 11.8. The molecule has 0 unspecified atom stereocenters. The Morgan fingerprint density at radius 3 is 2.77 bits per heavy atom. The van der Waals surface area contributed by atoms with Gasteiger partial charge in [-0.15, -0.1) is 11.3 Å². The molecule has 0 fully saturated rings. The Bertz CT molecular complexity index is 679. The molecule has 0 spiro atoms. The molecule has 2 rings (SSSR count). The highest BCUT2D eigenvalue weighted by atomic mass is 32.2. The molecule has 0 aliphatic heterocycles. The SMILES string of the molecule is CS(=O)(=O)N(CCNC(=O)Cc1cccs1)Cc1ccco1. The van der Waals surface area contributed by atoms with E-state index < -0.39 is 10.0 Å². The highest BCUT2D eigenvalue weighted by Gasteiger charge is 2.18. The van der Waals surface area contributed by atoms with Crippen molar-refractivity contribution in [1.82, 2.24) is 9.62 Å². The molecule has 1 N–H and O–H groups in total. The van der Waals surface area contributed by atoms with Gasteiger partial charge in [-0.2, -0.15) is 4.31 Å². The topological polar surface area (TPSA) is 79.6 Å². The monoisotopic (exact) mass is 342 g/mol.